The first-order chi connectivity index (χ1) is 7.27. The summed E-state index contributed by atoms with van der Waals surface area (Å²) in [6.07, 6.45) is 14.7. The average Bonchev–Trinajstić information content (AvgIpc) is 2.32. The molecule has 2 aliphatic carbocycles. The SMILES string of the molecule is O=CC1(C2CCCCC2)C=CC(Br)=CC1. The number of carbonyl (C=O) groups excluding carboxylic acids is 1. The Morgan fingerprint density at radius 3 is 2.60 bits per heavy atom. The first-order valence-electron chi connectivity index (χ1n) is 5.78. The van der Waals surface area contributed by atoms with Crippen LogP contribution in [0.1, 0.15) is 38.5 Å². The summed E-state index contributed by atoms with van der Waals surface area (Å²) in [6, 6.07) is 0. The van der Waals surface area contributed by atoms with Crippen molar-refractivity contribution < 1.29 is 4.79 Å². The monoisotopic (exact) mass is 268 g/mol. The van der Waals surface area contributed by atoms with Gasteiger partial charge in [-0.05, 0) is 25.2 Å². The lowest BCUT2D eigenvalue weighted by Crippen LogP contribution is -2.32. The van der Waals surface area contributed by atoms with E-state index >= 15 is 0 Å². The summed E-state index contributed by atoms with van der Waals surface area (Å²) < 4.78 is 1.11. The average molecular weight is 269 g/mol. The van der Waals surface area contributed by atoms with Crippen molar-refractivity contribution in [3.05, 3.63) is 22.7 Å². The third kappa shape index (κ3) is 2.25. The van der Waals surface area contributed by atoms with Gasteiger partial charge in [-0.3, -0.25) is 0 Å². The minimum absolute atomic E-state index is 0.197. The highest BCUT2D eigenvalue weighted by Gasteiger charge is 2.37. The Kier molecular flexibility index (Phi) is 3.45. The fourth-order valence-corrected chi connectivity index (χ4v) is 3.07. The van der Waals surface area contributed by atoms with Crippen LogP contribution in [0.15, 0.2) is 22.7 Å². The molecule has 0 amide bonds. The van der Waals surface area contributed by atoms with E-state index in [1.807, 2.05) is 6.08 Å². The van der Waals surface area contributed by atoms with E-state index in [1.54, 1.807) is 0 Å². The van der Waals surface area contributed by atoms with E-state index in [4.69, 9.17) is 0 Å². The molecule has 0 saturated heterocycles. The van der Waals surface area contributed by atoms with E-state index in [0.717, 1.165) is 10.9 Å². The zero-order chi connectivity index (χ0) is 10.7. The molecule has 0 aromatic carbocycles. The van der Waals surface area contributed by atoms with Crippen LogP contribution in [-0.2, 0) is 4.79 Å². The molecule has 2 aliphatic rings. The number of allylic oxidation sites excluding steroid dienone is 4. The fraction of sp³-hybridized carbons (Fsp3) is 0.615. The fourth-order valence-electron chi connectivity index (χ4n) is 2.77. The van der Waals surface area contributed by atoms with Crippen molar-refractivity contribution in [2.24, 2.45) is 11.3 Å². The van der Waals surface area contributed by atoms with E-state index < -0.39 is 0 Å². The van der Waals surface area contributed by atoms with Crippen molar-refractivity contribution in [2.45, 2.75) is 38.5 Å². The van der Waals surface area contributed by atoms with Crippen LogP contribution in [0, 0.1) is 11.3 Å². The van der Waals surface area contributed by atoms with Crippen LogP contribution >= 0.6 is 15.9 Å². The lowest BCUT2D eigenvalue weighted by atomic mass is 9.66. The molecule has 0 aliphatic heterocycles. The van der Waals surface area contributed by atoms with Gasteiger partial charge >= 0.3 is 0 Å². The summed E-state index contributed by atoms with van der Waals surface area (Å²) >= 11 is 3.45. The molecule has 2 rings (SSSR count). The first kappa shape index (κ1) is 11.1. The maximum Gasteiger partial charge on any atom is 0.130 e. The molecule has 1 fully saturated rings. The Bertz CT molecular complexity index is 300. The van der Waals surface area contributed by atoms with Crippen LogP contribution in [0.25, 0.3) is 0 Å². The highest BCUT2D eigenvalue weighted by Crippen LogP contribution is 2.43. The zero-order valence-electron chi connectivity index (χ0n) is 8.92. The summed E-state index contributed by atoms with van der Waals surface area (Å²) in [7, 11) is 0. The van der Waals surface area contributed by atoms with Crippen LogP contribution in [0.3, 0.4) is 0 Å². The molecule has 0 spiro atoms. The molecule has 82 valence electrons. The van der Waals surface area contributed by atoms with Gasteiger partial charge in [-0.1, -0.05) is 53.4 Å². The number of aldehydes is 1. The zero-order valence-corrected chi connectivity index (χ0v) is 10.5. The number of hydrogen-bond donors (Lipinski definition) is 0. The van der Waals surface area contributed by atoms with Gasteiger partial charge in [-0.15, -0.1) is 0 Å². The summed E-state index contributed by atoms with van der Waals surface area (Å²) in [5.41, 5.74) is -0.197. The second kappa shape index (κ2) is 4.65. The van der Waals surface area contributed by atoms with Gasteiger partial charge in [0.15, 0.2) is 0 Å². The molecular weight excluding hydrogens is 252 g/mol. The summed E-state index contributed by atoms with van der Waals surface area (Å²) in [5, 5.41) is 0. The van der Waals surface area contributed by atoms with Crippen molar-refractivity contribution in [3.63, 3.8) is 0 Å². The van der Waals surface area contributed by atoms with Gasteiger partial charge in [0.2, 0.25) is 0 Å². The minimum atomic E-state index is -0.197. The van der Waals surface area contributed by atoms with Gasteiger partial charge in [0.25, 0.3) is 0 Å². The molecule has 0 N–H and O–H groups in total. The van der Waals surface area contributed by atoms with Gasteiger partial charge in [0, 0.05) is 4.48 Å². The van der Waals surface area contributed by atoms with Crippen molar-refractivity contribution >= 4 is 22.2 Å². The number of hydrogen-bond acceptors (Lipinski definition) is 1. The topological polar surface area (TPSA) is 17.1 Å². The Balaban J connectivity index is 2.15. The Hall–Kier alpha value is -0.370. The molecule has 1 nitrogen and oxygen atoms in total. The summed E-state index contributed by atoms with van der Waals surface area (Å²) in [4.78, 5) is 11.4. The Morgan fingerprint density at radius 1 is 1.33 bits per heavy atom. The Labute approximate surface area is 99.8 Å². The van der Waals surface area contributed by atoms with Crippen molar-refractivity contribution in [1.82, 2.24) is 0 Å². The largest absolute Gasteiger partial charge is 0.302 e. The summed E-state index contributed by atoms with van der Waals surface area (Å²) in [5.74, 6) is 0.567. The molecule has 0 radical (unpaired) electrons. The highest BCUT2D eigenvalue weighted by molar-refractivity contribution is 9.11. The molecule has 1 unspecified atom stereocenters. The Morgan fingerprint density at radius 2 is 2.07 bits per heavy atom. The maximum atomic E-state index is 11.4. The van der Waals surface area contributed by atoms with Crippen LogP contribution in [0.5, 0.6) is 0 Å². The standard InChI is InChI=1S/C13H17BrO/c14-12-6-8-13(10-15,9-7-12)11-4-2-1-3-5-11/h6-8,10-11H,1-5,9H2. The van der Waals surface area contributed by atoms with Gasteiger partial charge in [-0.25, -0.2) is 0 Å². The van der Waals surface area contributed by atoms with Crippen LogP contribution < -0.4 is 0 Å². The predicted octanol–water partition coefficient (Wildman–Crippen LogP) is 3.99. The molecule has 1 atom stereocenters. The van der Waals surface area contributed by atoms with E-state index in [0.29, 0.717) is 5.92 Å². The van der Waals surface area contributed by atoms with E-state index in [-0.39, 0.29) is 5.41 Å². The second-order valence-corrected chi connectivity index (χ2v) is 5.61. The number of halogens is 1. The third-order valence-electron chi connectivity index (χ3n) is 3.79. The molecule has 0 bridgehead atoms. The first-order valence-corrected chi connectivity index (χ1v) is 6.57. The number of carbonyl (C=O) groups is 1. The van der Waals surface area contributed by atoms with Crippen LogP contribution in [0.4, 0.5) is 0 Å². The molecule has 1 saturated carbocycles. The molecular formula is C13H17BrO. The second-order valence-electron chi connectivity index (χ2n) is 4.69. The van der Waals surface area contributed by atoms with Crippen LogP contribution in [-0.4, -0.2) is 6.29 Å². The van der Waals surface area contributed by atoms with Gasteiger partial charge < -0.3 is 4.79 Å². The quantitative estimate of drug-likeness (QED) is 0.693. The van der Waals surface area contributed by atoms with Crippen LogP contribution in [0.2, 0.25) is 0 Å². The highest BCUT2D eigenvalue weighted by atomic mass is 79.9. The molecule has 0 heterocycles. The molecule has 0 aromatic heterocycles. The van der Waals surface area contributed by atoms with Gasteiger partial charge in [0.05, 0.1) is 5.41 Å². The molecule has 0 aromatic rings. The van der Waals surface area contributed by atoms with Crippen molar-refractivity contribution in [1.29, 1.82) is 0 Å². The smallest absolute Gasteiger partial charge is 0.130 e. The lowest BCUT2D eigenvalue weighted by molar-refractivity contribution is -0.116. The maximum absolute atomic E-state index is 11.4. The minimum Gasteiger partial charge on any atom is -0.302 e. The number of rotatable bonds is 2. The lowest BCUT2D eigenvalue weighted by Gasteiger charge is -2.37. The van der Waals surface area contributed by atoms with Gasteiger partial charge in [-0.2, -0.15) is 0 Å². The van der Waals surface area contributed by atoms with Crippen molar-refractivity contribution in [3.8, 4) is 0 Å². The van der Waals surface area contributed by atoms with E-state index in [1.165, 1.54) is 38.4 Å². The normalized spacial score (nSPS) is 32.5. The predicted molar refractivity (Wildman–Crippen MR) is 65.8 cm³/mol. The third-order valence-corrected chi connectivity index (χ3v) is 4.38. The van der Waals surface area contributed by atoms with E-state index in [2.05, 4.69) is 28.1 Å². The molecule has 15 heavy (non-hydrogen) atoms. The van der Waals surface area contributed by atoms with Crippen molar-refractivity contribution in [2.75, 3.05) is 0 Å². The van der Waals surface area contributed by atoms with Gasteiger partial charge in [0.1, 0.15) is 6.29 Å². The summed E-state index contributed by atoms with van der Waals surface area (Å²) in [6.45, 7) is 0. The van der Waals surface area contributed by atoms with E-state index in [9.17, 15) is 4.79 Å². The molecule has 2 heteroatoms.